The van der Waals surface area contributed by atoms with Gasteiger partial charge in [0, 0.05) is 13.6 Å². The molecule has 8 nitrogen and oxygen atoms in total. The number of hydrogen-bond donors (Lipinski definition) is 3. The van der Waals surface area contributed by atoms with Crippen LogP contribution in [0.5, 0.6) is 0 Å². The Kier molecular flexibility index (Phi) is 3.93. The number of nitrogens with two attached hydrogens (primary N) is 1. The van der Waals surface area contributed by atoms with Crippen molar-refractivity contribution in [1.82, 2.24) is 24.6 Å². The van der Waals surface area contributed by atoms with Crippen LogP contribution < -0.4 is 11.3 Å². The highest BCUT2D eigenvalue weighted by Gasteiger charge is 2.12. The Labute approximate surface area is 111 Å². The van der Waals surface area contributed by atoms with Gasteiger partial charge in [-0.05, 0) is 14.0 Å². The van der Waals surface area contributed by atoms with Crippen LogP contribution in [-0.4, -0.2) is 49.5 Å². The van der Waals surface area contributed by atoms with Gasteiger partial charge in [-0.3, -0.25) is 9.58 Å². The predicted molar refractivity (Wildman–Crippen MR) is 72.1 cm³/mol. The van der Waals surface area contributed by atoms with Crippen LogP contribution in [-0.2, 0) is 13.6 Å². The SMILES string of the molecule is CC(O)CN(C)Cc1nc(NN)c2cnn(C)c2n1. The van der Waals surface area contributed by atoms with Crippen LogP contribution in [0.1, 0.15) is 12.7 Å². The first kappa shape index (κ1) is 13.7. The average molecular weight is 265 g/mol. The summed E-state index contributed by atoms with van der Waals surface area (Å²) in [5, 5.41) is 14.3. The molecule has 2 aromatic heterocycles. The van der Waals surface area contributed by atoms with E-state index in [1.165, 1.54) is 0 Å². The number of nitrogen functional groups attached to an aromatic ring is 1. The largest absolute Gasteiger partial charge is 0.392 e. The van der Waals surface area contributed by atoms with Gasteiger partial charge in [0.2, 0.25) is 0 Å². The van der Waals surface area contributed by atoms with Crippen molar-refractivity contribution in [3.8, 4) is 0 Å². The fourth-order valence-electron chi connectivity index (χ4n) is 2.01. The summed E-state index contributed by atoms with van der Waals surface area (Å²) in [6.07, 6.45) is 1.28. The number of aromatic nitrogens is 4. The first-order chi connectivity index (χ1) is 9.01. The van der Waals surface area contributed by atoms with Crippen LogP contribution in [0.4, 0.5) is 5.82 Å². The fourth-order valence-corrected chi connectivity index (χ4v) is 2.01. The van der Waals surface area contributed by atoms with E-state index in [4.69, 9.17) is 5.84 Å². The van der Waals surface area contributed by atoms with Gasteiger partial charge in [-0.1, -0.05) is 0 Å². The molecule has 2 rings (SSSR count). The van der Waals surface area contributed by atoms with E-state index in [1.807, 2.05) is 19.0 Å². The number of hydrogen-bond acceptors (Lipinski definition) is 7. The Morgan fingerprint density at radius 2 is 2.26 bits per heavy atom. The van der Waals surface area contributed by atoms with Crippen molar-refractivity contribution in [2.45, 2.75) is 19.6 Å². The molecule has 0 saturated carbocycles. The lowest BCUT2D eigenvalue weighted by Gasteiger charge is -2.17. The number of fused-ring (bicyclic) bond motifs is 1. The molecule has 0 amide bonds. The highest BCUT2D eigenvalue weighted by atomic mass is 16.3. The molecule has 2 heterocycles. The zero-order valence-electron chi connectivity index (χ0n) is 11.3. The van der Waals surface area contributed by atoms with Crippen molar-refractivity contribution in [2.24, 2.45) is 12.9 Å². The minimum atomic E-state index is -0.391. The first-order valence-electron chi connectivity index (χ1n) is 6.03. The first-order valence-corrected chi connectivity index (χ1v) is 6.03. The van der Waals surface area contributed by atoms with E-state index in [0.29, 0.717) is 24.7 Å². The number of anilines is 1. The lowest BCUT2D eigenvalue weighted by atomic mass is 10.3. The molecule has 8 heteroatoms. The summed E-state index contributed by atoms with van der Waals surface area (Å²) in [4.78, 5) is 10.8. The van der Waals surface area contributed by atoms with Crippen LogP contribution in [0.3, 0.4) is 0 Å². The highest BCUT2D eigenvalue weighted by molar-refractivity contribution is 5.86. The summed E-state index contributed by atoms with van der Waals surface area (Å²) in [5.74, 6) is 6.66. The van der Waals surface area contributed by atoms with E-state index in [0.717, 1.165) is 11.0 Å². The molecule has 0 aromatic carbocycles. The number of aliphatic hydroxyl groups excluding tert-OH is 1. The molecule has 0 bridgehead atoms. The summed E-state index contributed by atoms with van der Waals surface area (Å²) in [6.45, 7) is 2.83. The van der Waals surface area contributed by atoms with Crippen molar-refractivity contribution >= 4 is 16.9 Å². The van der Waals surface area contributed by atoms with Gasteiger partial charge in [-0.15, -0.1) is 0 Å². The molecule has 19 heavy (non-hydrogen) atoms. The molecule has 0 aliphatic rings. The normalized spacial score (nSPS) is 13.2. The summed E-state index contributed by atoms with van der Waals surface area (Å²) >= 11 is 0. The number of nitrogens with zero attached hydrogens (tertiary/aromatic N) is 5. The summed E-state index contributed by atoms with van der Waals surface area (Å²) in [6, 6.07) is 0. The Hall–Kier alpha value is -1.77. The third-order valence-electron chi connectivity index (χ3n) is 2.76. The monoisotopic (exact) mass is 265 g/mol. The predicted octanol–water partition coefficient (Wildman–Crippen LogP) is -0.538. The standard InChI is InChI=1S/C11H19N7O/c1-7(19)5-17(2)6-9-14-10(16-12)8-4-13-18(3)11(8)15-9/h4,7,19H,5-6,12H2,1-3H3,(H,14,15,16). The van der Waals surface area contributed by atoms with Crippen molar-refractivity contribution in [2.75, 3.05) is 19.0 Å². The van der Waals surface area contributed by atoms with Gasteiger partial charge in [0.25, 0.3) is 0 Å². The Balaban J connectivity index is 2.30. The smallest absolute Gasteiger partial charge is 0.163 e. The molecule has 1 atom stereocenters. The molecule has 0 radical (unpaired) electrons. The maximum Gasteiger partial charge on any atom is 0.163 e. The molecule has 104 valence electrons. The third kappa shape index (κ3) is 2.98. The van der Waals surface area contributed by atoms with E-state index >= 15 is 0 Å². The van der Waals surface area contributed by atoms with Crippen LogP contribution in [0.15, 0.2) is 6.20 Å². The molecule has 0 aliphatic carbocycles. The zero-order valence-corrected chi connectivity index (χ0v) is 11.3. The fraction of sp³-hybridized carbons (Fsp3) is 0.545. The van der Waals surface area contributed by atoms with Gasteiger partial charge in [0.05, 0.1) is 24.2 Å². The Morgan fingerprint density at radius 3 is 2.89 bits per heavy atom. The number of likely N-dealkylation sites (N-methyl/N-ethyl adjacent to an activating group) is 1. The second kappa shape index (κ2) is 5.47. The minimum Gasteiger partial charge on any atom is -0.392 e. The maximum atomic E-state index is 9.36. The van der Waals surface area contributed by atoms with E-state index in [-0.39, 0.29) is 0 Å². The van der Waals surface area contributed by atoms with Crippen molar-refractivity contribution in [3.63, 3.8) is 0 Å². The van der Waals surface area contributed by atoms with Crippen LogP contribution in [0.25, 0.3) is 11.0 Å². The lowest BCUT2D eigenvalue weighted by molar-refractivity contribution is 0.137. The van der Waals surface area contributed by atoms with Crippen molar-refractivity contribution in [3.05, 3.63) is 12.0 Å². The number of aliphatic hydroxyl groups is 1. The summed E-state index contributed by atoms with van der Waals surface area (Å²) < 4.78 is 1.68. The van der Waals surface area contributed by atoms with Gasteiger partial charge in [-0.25, -0.2) is 15.8 Å². The molecular formula is C11H19N7O. The van der Waals surface area contributed by atoms with E-state index in [1.54, 1.807) is 17.8 Å². The number of hydrazine groups is 1. The van der Waals surface area contributed by atoms with Crippen LogP contribution >= 0.6 is 0 Å². The minimum absolute atomic E-state index is 0.391. The molecule has 0 fully saturated rings. The lowest BCUT2D eigenvalue weighted by Crippen LogP contribution is -2.27. The summed E-state index contributed by atoms with van der Waals surface area (Å²) in [5.41, 5.74) is 3.29. The topological polar surface area (TPSA) is 105 Å². The van der Waals surface area contributed by atoms with E-state index < -0.39 is 6.10 Å². The van der Waals surface area contributed by atoms with Crippen molar-refractivity contribution < 1.29 is 5.11 Å². The molecule has 2 aromatic rings. The van der Waals surface area contributed by atoms with Gasteiger partial charge in [0.15, 0.2) is 11.5 Å². The van der Waals surface area contributed by atoms with Gasteiger partial charge in [0.1, 0.15) is 5.82 Å². The molecule has 0 spiro atoms. The highest BCUT2D eigenvalue weighted by Crippen LogP contribution is 2.18. The molecule has 1 unspecified atom stereocenters. The maximum absolute atomic E-state index is 9.36. The van der Waals surface area contributed by atoms with E-state index in [2.05, 4.69) is 20.5 Å². The van der Waals surface area contributed by atoms with Gasteiger partial charge >= 0.3 is 0 Å². The zero-order chi connectivity index (χ0) is 14.0. The van der Waals surface area contributed by atoms with Gasteiger partial charge in [-0.2, -0.15) is 5.10 Å². The Morgan fingerprint density at radius 1 is 1.53 bits per heavy atom. The van der Waals surface area contributed by atoms with Crippen molar-refractivity contribution in [1.29, 1.82) is 0 Å². The second-order valence-corrected chi connectivity index (χ2v) is 4.68. The molecule has 0 aliphatic heterocycles. The number of nitrogens with one attached hydrogen (secondary N) is 1. The van der Waals surface area contributed by atoms with Crippen LogP contribution in [0, 0.1) is 0 Å². The number of aryl methyl sites for hydroxylation is 1. The third-order valence-corrected chi connectivity index (χ3v) is 2.76. The number of rotatable bonds is 5. The quantitative estimate of drug-likeness (QED) is 0.492. The molecular weight excluding hydrogens is 246 g/mol. The van der Waals surface area contributed by atoms with E-state index in [9.17, 15) is 5.11 Å². The van der Waals surface area contributed by atoms with Crippen LogP contribution in [0.2, 0.25) is 0 Å². The average Bonchev–Trinajstić information content (AvgIpc) is 2.69. The second-order valence-electron chi connectivity index (χ2n) is 4.68. The molecule has 4 N–H and O–H groups in total. The molecule has 0 saturated heterocycles. The summed E-state index contributed by atoms with van der Waals surface area (Å²) in [7, 11) is 3.72. The Bertz CT molecular complexity index is 565. The van der Waals surface area contributed by atoms with Gasteiger partial charge < -0.3 is 10.5 Å².